The van der Waals surface area contributed by atoms with Gasteiger partial charge in [-0.25, -0.2) is 4.79 Å². The maximum absolute atomic E-state index is 13.2. The molecule has 1 unspecified atom stereocenters. The second kappa shape index (κ2) is 45.3. The molecule has 1 atom stereocenters. The zero-order valence-electron chi connectivity index (χ0n) is 48.6. The summed E-state index contributed by atoms with van der Waals surface area (Å²) in [5.41, 5.74) is 1.87. The van der Waals surface area contributed by atoms with Crippen molar-refractivity contribution in [2.75, 3.05) is 13.2 Å². The molecule has 0 aliphatic rings. The fourth-order valence-electron chi connectivity index (χ4n) is 9.05. The Morgan fingerprint density at radius 2 is 0.949 bits per heavy atom. The van der Waals surface area contributed by atoms with Gasteiger partial charge in [-0.2, -0.15) is 0 Å². The molecule has 14 nitrogen and oxygen atoms in total. The maximum atomic E-state index is 13.2. The minimum atomic E-state index is -0.973. The molecule has 2 aromatic carbocycles. The molecule has 0 aliphatic carbocycles. The fraction of sp³-hybridized carbons (Fsp3) is 0.672. The van der Waals surface area contributed by atoms with Crippen molar-refractivity contribution in [1.82, 2.24) is 0 Å². The highest BCUT2D eigenvalue weighted by Crippen LogP contribution is 2.27. The molecule has 0 aromatic heterocycles. The number of non-ortho nitro benzene ring substituents is 1. The van der Waals surface area contributed by atoms with Crippen molar-refractivity contribution in [3.05, 3.63) is 87.5 Å². The van der Waals surface area contributed by atoms with Gasteiger partial charge in [-0.05, 0) is 131 Å². The number of nitrogens with zero attached hydrogens (tertiary/aromatic N) is 1. The predicted molar refractivity (Wildman–Crippen MR) is 308 cm³/mol. The van der Waals surface area contributed by atoms with Crippen LogP contribution in [0.5, 0.6) is 11.5 Å². The number of allylic oxidation sites excluding steroid dienone is 4. The van der Waals surface area contributed by atoms with Gasteiger partial charge in [-0.15, -0.1) is 0 Å². The fourth-order valence-corrected chi connectivity index (χ4v) is 9.05. The van der Waals surface area contributed by atoms with Gasteiger partial charge in [0, 0.05) is 37.8 Å². The van der Waals surface area contributed by atoms with Gasteiger partial charge in [0.25, 0.3) is 5.69 Å². The normalized spacial score (nSPS) is 11.8. The molecule has 0 N–H and O–H groups in total. The summed E-state index contributed by atoms with van der Waals surface area (Å²) in [7, 11) is 0. The number of hydrogen-bond acceptors (Lipinski definition) is 13. The van der Waals surface area contributed by atoms with Crippen LogP contribution in [-0.4, -0.2) is 54.3 Å². The summed E-state index contributed by atoms with van der Waals surface area (Å²) in [4.78, 5) is 74.1. The Morgan fingerprint density at radius 1 is 0.526 bits per heavy atom. The van der Waals surface area contributed by atoms with Gasteiger partial charge in [0.05, 0.1) is 4.92 Å². The number of unbranched alkanes of at least 4 members (excludes halogenated alkanes) is 23. The SMILES string of the molecule is CCCCCCCC/C=C\CCCCCCCC(=O)OCC(COC(=O)CCCCCCC/C=C\CCCCCCCC)OC(=O)CC(C)CCCCC(=O)Oc1c(C)cc(COC(=O)Oc2ccc([N+](=O)[O-])cc2)cc1C. The molecule has 0 bridgehead atoms. The second-order valence-electron chi connectivity index (χ2n) is 21.1. The van der Waals surface area contributed by atoms with Crippen LogP contribution in [0.4, 0.5) is 10.5 Å². The zero-order chi connectivity index (χ0) is 56.9. The molecule has 438 valence electrons. The van der Waals surface area contributed by atoms with E-state index < -0.39 is 29.1 Å². The van der Waals surface area contributed by atoms with Crippen LogP contribution in [0.1, 0.15) is 249 Å². The van der Waals surface area contributed by atoms with Gasteiger partial charge in [-0.1, -0.05) is 161 Å². The first-order valence-electron chi connectivity index (χ1n) is 30.0. The average Bonchev–Trinajstić information content (AvgIpc) is 3.42. The van der Waals surface area contributed by atoms with Crippen molar-refractivity contribution < 1.29 is 57.3 Å². The predicted octanol–water partition coefficient (Wildman–Crippen LogP) is 17.5. The lowest BCUT2D eigenvalue weighted by atomic mass is 10.00. The van der Waals surface area contributed by atoms with Gasteiger partial charge < -0.3 is 28.4 Å². The third-order valence-corrected chi connectivity index (χ3v) is 13.6. The minimum absolute atomic E-state index is 0.0628. The number of carbonyl (C=O) groups excluding carboxylic acids is 5. The summed E-state index contributed by atoms with van der Waals surface area (Å²) in [6.07, 6.45) is 40.3. The van der Waals surface area contributed by atoms with Crippen LogP contribution in [0.2, 0.25) is 0 Å². The molecule has 0 aliphatic heterocycles. The number of aryl methyl sites for hydroxylation is 2. The van der Waals surface area contributed by atoms with Crippen molar-refractivity contribution in [3.63, 3.8) is 0 Å². The van der Waals surface area contributed by atoms with E-state index in [1.165, 1.54) is 114 Å². The largest absolute Gasteiger partial charge is 0.514 e. The molecule has 0 radical (unpaired) electrons. The van der Waals surface area contributed by atoms with E-state index in [1.54, 1.807) is 26.0 Å². The number of carbonyl (C=O) groups is 5. The second-order valence-corrected chi connectivity index (χ2v) is 21.1. The van der Waals surface area contributed by atoms with Crippen LogP contribution in [0, 0.1) is 29.9 Å². The average molecular weight is 1090 g/mol. The van der Waals surface area contributed by atoms with Crippen LogP contribution < -0.4 is 9.47 Å². The third-order valence-electron chi connectivity index (χ3n) is 13.6. The highest BCUT2D eigenvalue weighted by molar-refractivity contribution is 5.73. The zero-order valence-corrected chi connectivity index (χ0v) is 48.6. The van der Waals surface area contributed by atoms with Gasteiger partial charge >= 0.3 is 30.0 Å². The van der Waals surface area contributed by atoms with Crippen LogP contribution >= 0.6 is 0 Å². The van der Waals surface area contributed by atoms with E-state index in [0.717, 1.165) is 77.0 Å². The lowest BCUT2D eigenvalue weighted by Gasteiger charge is -2.19. The van der Waals surface area contributed by atoms with Gasteiger partial charge in [0.1, 0.15) is 31.3 Å². The molecule has 78 heavy (non-hydrogen) atoms. The van der Waals surface area contributed by atoms with Gasteiger partial charge in [0.15, 0.2) is 6.10 Å². The Morgan fingerprint density at radius 3 is 1.41 bits per heavy atom. The quantitative estimate of drug-likeness (QED) is 0.00892. The Balaban J connectivity index is 1.75. The molecular formula is C64H99NO13. The van der Waals surface area contributed by atoms with Crippen LogP contribution in [0.25, 0.3) is 0 Å². The molecule has 0 saturated carbocycles. The first-order chi connectivity index (χ1) is 37.8. The lowest BCUT2D eigenvalue weighted by Crippen LogP contribution is -2.31. The highest BCUT2D eigenvalue weighted by Gasteiger charge is 2.22. The molecule has 0 heterocycles. The van der Waals surface area contributed by atoms with Crippen LogP contribution in [-0.2, 0) is 44.7 Å². The van der Waals surface area contributed by atoms with Crippen LogP contribution in [0.3, 0.4) is 0 Å². The van der Waals surface area contributed by atoms with Crippen LogP contribution in [0.15, 0.2) is 60.7 Å². The number of benzene rings is 2. The molecule has 2 aromatic rings. The summed E-state index contributed by atoms with van der Waals surface area (Å²) in [5.74, 6) is -1.14. The summed E-state index contributed by atoms with van der Waals surface area (Å²) in [6.45, 7) is 9.51. The van der Waals surface area contributed by atoms with Crippen molar-refractivity contribution in [2.24, 2.45) is 5.92 Å². The monoisotopic (exact) mass is 1090 g/mol. The van der Waals surface area contributed by atoms with Gasteiger partial charge in [0.2, 0.25) is 0 Å². The van der Waals surface area contributed by atoms with E-state index >= 15 is 0 Å². The molecule has 0 spiro atoms. The van der Waals surface area contributed by atoms with Crippen molar-refractivity contribution in [3.8, 4) is 11.5 Å². The van der Waals surface area contributed by atoms with E-state index in [1.807, 2.05) is 6.92 Å². The molecule has 0 amide bonds. The smallest absolute Gasteiger partial charge is 0.462 e. The molecule has 14 heteroatoms. The lowest BCUT2D eigenvalue weighted by molar-refractivity contribution is -0.384. The molecular weight excluding hydrogens is 991 g/mol. The van der Waals surface area contributed by atoms with E-state index in [-0.39, 0.29) is 74.8 Å². The number of ether oxygens (including phenoxy) is 6. The summed E-state index contributed by atoms with van der Waals surface area (Å²) in [5, 5.41) is 10.9. The standard InChI is InChI=1S/C64H99NO13/c1-6-8-10-12-14-16-18-20-22-24-26-28-30-32-34-39-59(66)73-50-58(51-74-60(67)40-35-33-31-29-27-25-23-21-19-17-15-13-11-9-7-2)76-62(69)46-52(3)38-36-37-41-61(68)78-63-53(4)47-55(48-54(63)5)49-75-64(70)77-57-44-42-56(43-45-57)65(71)72/h20-23,42-45,47-48,52,58H,6-19,24-41,46,49-51H2,1-5H3/b22-20-,23-21-. The van der Waals surface area contributed by atoms with Crippen molar-refractivity contribution in [1.29, 1.82) is 0 Å². The third kappa shape index (κ3) is 36.5. The number of hydrogen-bond donors (Lipinski definition) is 0. The Bertz CT molecular complexity index is 1950. The van der Waals surface area contributed by atoms with Crippen molar-refractivity contribution >= 4 is 35.7 Å². The van der Waals surface area contributed by atoms with E-state index in [4.69, 9.17) is 28.4 Å². The van der Waals surface area contributed by atoms with Gasteiger partial charge in [-0.3, -0.25) is 29.3 Å². The van der Waals surface area contributed by atoms with Crippen molar-refractivity contribution in [2.45, 2.75) is 259 Å². The van der Waals surface area contributed by atoms with E-state index in [9.17, 15) is 34.1 Å². The first-order valence-corrected chi connectivity index (χ1v) is 30.0. The minimum Gasteiger partial charge on any atom is -0.462 e. The summed E-state index contributed by atoms with van der Waals surface area (Å²) < 4.78 is 32.9. The molecule has 2 rings (SSSR count). The highest BCUT2D eigenvalue weighted by atomic mass is 16.7. The summed E-state index contributed by atoms with van der Waals surface area (Å²) in [6, 6.07) is 8.54. The van der Waals surface area contributed by atoms with E-state index in [2.05, 4.69) is 38.2 Å². The Labute approximate surface area is 468 Å². The first kappa shape index (κ1) is 68.6. The molecule has 0 saturated heterocycles. The van der Waals surface area contributed by atoms with E-state index in [0.29, 0.717) is 41.7 Å². The topological polar surface area (TPSA) is 184 Å². The maximum Gasteiger partial charge on any atom is 0.514 e. The summed E-state index contributed by atoms with van der Waals surface area (Å²) >= 11 is 0. The number of nitro groups is 1. The molecule has 0 fully saturated rings. The number of esters is 4. The Hall–Kier alpha value is -5.53. The number of rotatable bonds is 47. The Kier molecular flexibility index (Phi) is 39.9. The number of nitro benzene ring substituents is 1.